The summed E-state index contributed by atoms with van der Waals surface area (Å²) in [6.07, 6.45) is 1.80. The summed E-state index contributed by atoms with van der Waals surface area (Å²) in [6, 6.07) is 11.5. The second-order valence-corrected chi connectivity index (χ2v) is 13.2. The number of likely N-dealkylation sites (tertiary alicyclic amines) is 1. The average molecular weight is 586 g/mol. The Morgan fingerprint density at radius 2 is 1.86 bits per heavy atom. The van der Waals surface area contributed by atoms with Gasteiger partial charge in [0.2, 0.25) is 0 Å². The van der Waals surface area contributed by atoms with Crippen LogP contribution >= 0.6 is 0 Å². The maximum Gasteiger partial charge on any atom is 0.411 e. The molecule has 1 aliphatic carbocycles. The Hall–Kier alpha value is -2.88. The number of benzene rings is 2. The molecule has 1 aliphatic heterocycles. The SMILES string of the molecule is COc1cc(CN[C@H]2CCC[C@H]3N(C(=O)OC(C)(C)C)[C@@H](c4ccc(F)cc4)C[C@@]3(C)[C@@H]2O)ccc1OCCN(C)C. The summed E-state index contributed by atoms with van der Waals surface area (Å²) in [7, 11) is 5.64. The number of nitrogens with one attached hydrogen (secondary N) is 1. The monoisotopic (exact) mass is 585 g/mol. The molecule has 0 radical (unpaired) electrons. The molecule has 5 atom stereocenters. The Balaban J connectivity index is 1.53. The predicted molar refractivity (Wildman–Crippen MR) is 161 cm³/mol. The van der Waals surface area contributed by atoms with E-state index in [4.69, 9.17) is 14.2 Å². The van der Waals surface area contributed by atoms with E-state index in [-0.39, 0.29) is 23.9 Å². The number of hydrogen-bond acceptors (Lipinski definition) is 7. The van der Waals surface area contributed by atoms with Crippen LogP contribution in [0.5, 0.6) is 11.5 Å². The van der Waals surface area contributed by atoms with Crippen LogP contribution < -0.4 is 14.8 Å². The molecule has 42 heavy (non-hydrogen) atoms. The van der Waals surface area contributed by atoms with Gasteiger partial charge in [-0.15, -0.1) is 0 Å². The van der Waals surface area contributed by atoms with Crippen molar-refractivity contribution >= 4 is 6.09 Å². The lowest BCUT2D eigenvalue weighted by molar-refractivity contribution is -0.0186. The molecule has 1 saturated heterocycles. The molecule has 232 valence electrons. The van der Waals surface area contributed by atoms with Crippen molar-refractivity contribution in [3.8, 4) is 11.5 Å². The van der Waals surface area contributed by atoms with E-state index < -0.39 is 23.2 Å². The molecule has 2 aromatic rings. The van der Waals surface area contributed by atoms with Gasteiger partial charge in [0.05, 0.1) is 19.3 Å². The van der Waals surface area contributed by atoms with Gasteiger partial charge in [0, 0.05) is 30.6 Å². The maximum absolute atomic E-state index is 13.8. The molecule has 9 heteroatoms. The molecule has 0 aromatic heterocycles. The van der Waals surface area contributed by atoms with Crippen molar-refractivity contribution in [3.05, 3.63) is 59.4 Å². The number of hydrogen-bond donors (Lipinski definition) is 2. The Bertz CT molecular complexity index is 1200. The van der Waals surface area contributed by atoms with Gasteiger partial charge in [0.15, 0.2) is 11.5 Å². The summed E-state index contributed by atoms with van der Waals surface area (Å²) in [5, 5.41) is 15.5. The third kappa shape index (κ3) is 7.36. The van der Waals surface area contributed by atoms with Crippen molar-refractivity contribution in [1.82, 2.24) is 15.1 Å². The fraction of sp³-hybridized carbons (Fsp3) is 0.606. The fourth-order valence-corrected chi connectivity index (χ4v) is 6.40. The molecule has 2 N–H and O–H groups in total. The van der Waals surface area contributed by atoms with Gasteiger partial charge in [0.25, 0.3) is 0 Å². The Kier molecular flexibility index (Phi) is 10.1. The van der Waals surface area contributed by atoms with Crippen molar-refractivity contribution in [3.63, 3.8) is 0 Å². The summed E-state index contributed by atoms with van der Waals surface area (Å²) in [6.45, 7) is 9.55. The van der Waals surface area contributed by atoms with E-state index >= 15 is 0 Å². The fourth-order valence-electron chi connectivity index (χ4n) is 6.40. The molecule has 2 fully saturated rings. The number of aliphatic hydroxyl groups excluding tert-OH is 1. The number of ether oxygens (including phenoxy) is 3. The maximum atomic E-state index is 13.8. The third-order valence-corrected chi connectivity index (χ3v) is 8.57. The number of rotatable bonds is 9. The topological polar surface area (TPSA) is 83.5 Å². The highest BCUT2D eigenvalue weighted by Crippen LogP contribution is 2.54. The van der Waals surface area contributed by atoms with Crippen LogP contribution in [0.3, 0.4) is 0 Å². The second-order valence-electron chi connectivity index (χ2n) is 13.2. The number of fused-ring (bicyclic) bond motifs is 1. The number of carbonyl (C=O) groups excluding carboxylic acids is 1. The molecule has 1 amide bonds. The van der Waals surface area contributed by atoms with Crippen molar-refractivity contribution in [2.75, 3.05) is 34.4 Å². The first-order chi connectivity index (χ1) is 19.8. The summed E-state index contributed by atoms with van der Waals surface area (Å²) < 4.78 is 31.2. The summed E-state index contributed by atoms with van der Waals surface area (Å²) >= 11 is 0. The highest BCUT2D eigenvalue weighted by atomic mass is 19.1. The molecule has 8 nitrogen and oxygen atoms in total. The molecular formula is C33H48FN3O5. The van der Waals surface area contributed by atoms with E-state index in [1.54, 1.807) is 19.2 Å². The normalized spacial score (nSPS) is 26.1. The van der Waals surface area contributed by atoms with Crippen molar-refractivity contribution < 1.29 is 28.5 Å². The van der Waals surface area contributed by atoms with Gasteiger partial charge >= 0.3 is 6.09 Å². The van der Waals surface area contributed by atoms with Crippen molar-refractivity contribution in [2.45, 2.75) is 89.8 Å². The highest BCUT2D eigenvalue weighted by molar-refractivity contribution is 5.70. The van der Waals surface area contributed by atoms with Crippen molar-refractivity contribution in [2.24, 2.45) is 5.41 Å². The minimum atomic E-state index is -0.712. The van der Waals surface area contributed by atoms with Gasteiger partial charge in [0.1, 0.15) is 18.0 Å². The summed E-state index contributed by atoms with van der Waals surface area (Å²) in [5.41, 5.74) is 0.612. The van der Waals surface area contributed by atoms with Gasteiger partial charge < -0.3 is 29.5 Å². The van der Waals surface area contributed by atoms with E-state index in [0.717, 1.165) is 36.9 Å². The van der Waals surface area contributed by atoms with Crippen LogP contribution in [-0.4, -0.2) is 79.1 Å². The van der Waals surface area contributed by atoms with E-state index in [2.05, 4.69) is 17.1 Å². The first kappa shape index (κ1) is 32.0. The van der Waals surface area contributed by atoms with E-state index in [0.29, 0.717) is 31.1 Å². The molecule has 0 spiro atoms. The van der Waals surface area contributed by atoms with Crippen LogP contribution in [0.4, 0.5) is 9.18 Å². The predicted octanol–water partition coefficient (Wildman–Crippen LogP) is 5.53. The lowest BCUT2D eigenvalue weighted by Crippen LogP contribution is -2.52. The second kappa shape index (κ2) is 13.2. The molecule has 2 aromatic carbocycles. The molecule has 2 aliphatic rings. The zero-order valence-corrected chi connectivity index (χ0v) is 26.2. The van der Waals surface area contributed by atoms with Crippen LogP contribution in [0.15, 0.2) is 42.5 Å². The smallest absolute Gasteiger partial charge is 0.411 e. The van der Waals surface area contributed by atoms with E-state index in [9.17, 15) is 14.3 Å². The van der Waals surface area contributed by atoms with E-state index in [1.165, 1.54) is 12.1 Å². The largest absolute Gasteiger partial charge is 0.493 e. The van der Waals surface area contributed by atoms with Crippen LogP contribution in [-0.2, 0) is 11.3 Å². The molecule has 1 saturated carbocycles. The molecular weight excluding hydrogens is 537 g/mol. The minimum absolute atomic E-state index is 0.172. The quantitative estimate of drug-likeness (QED) is 0.400. The average Bonchev–Trinajstić information content (AvgIpc) is 3.17. The summed E-state index contributed by atoms with van der Waals surface area (Å²) in [4.78, 5) is 17.5. The molecule has 0 bridgehead atoms. The van der Waals surface area contributed by atoms with Gasteiger partial charge in [-0.25, -0.2) is 9.18 Å². The number of amides is 1. The van der Waals surface area contributed by atoms with E-state index in [1.807, 2.05) is 58.0 Å². The van der Waals surface area contributed by atoms with Crippen LogP contribution in [0.1, 0.15) is 70.5 Å². The van der Waals surface area contributed by atoms with Gasteiger partial charge in [-0.05, 0) is 95.9 Å². The van der Waals surface area contributed by atoms with Crippen LogP contribution in [0.2, 0.25) is 0 Å². The van der Waals surface area contributed by atoms with Crippen LogP contribution in [0, 0.1) is 11.2 Å². The standard InChI is InChI=1S/C33H48FN3O5/c1-32(2,3)42-31(39)37-26(23-12-14-24(34)15-13-23)20-33(4)29(37)10-8-9-25(30(33)38)35-21-22-11-16-27(28(19-22)40-7)41-18-17-36(5)6/h11-16,19,25-26,29-30,35,38H,8-10,17-18,20-21H2,1-7H3/t25-,26+,29+,30+,33+/m0/s1. The highest BCUT2D eigenvalue weighted by Gasteiger charge is 2.57. The number of likely N-dealkylation sites (N-methyl/N-ethyl adjacent to an activating group) is 1. The number of nitrogens with zero attached hydrogens (tertiary/aromatic N) is 2. The molecule has 0 unspecified atom stereocenters. The van der Waals surface area contributed by atoms with Gasteiger partial charge in [-0.1, -0.05) is 25.1 Å². The lowest BCUT2D eigenvalue weighted by atomic mass is 9.74. The lowest BCUT2D eigenvalue weighted by Gasteiger charge is -2.39. The van der Waals surface area contributed by atoms with Crippen molar-refractivity contribution in [1.29, 1.82) is 0 Å². The molecule has 4 rings (SSSR count). The van der Waals surface area contributed by atoms with Crippen LogP contribution in [0.25, 0.3) is 0 Å². The zero-order valence-electron chi connectivity index (χ0n) is 26.2. The van der Waals surface area contributed by atoms with Gasteiger partial charge in [-0.3, -0.25) is 4.90 Å². The molecule has 1 heterocycles. The number of methoxy groups -OCH3 is 1. The Morgan fingerprint density at radius 3 is 2.50 bits per heavy atom. The first-order valence-electron chi connectivity index (χ1n) is 14.9. The summed E-state index contributed by atoms with van der Waals surface area (Å²) in [5.74, 6) is 1.05. The first-order valence-corrected chi connectivity index (χ1v) is 14.9. The van der Waals surface area contributed by atoms with Gasteiger partial charge in [-0.2, -0.15) is 0 Å². The third-order valence-electron chi connectivity index (χ3n) is 8.57. The minimum Gasteiger partial charge on any atom is -0.493 e. The zero-order chi connectivity index (χ0) is 30.7. The number of aliphatic hydroxyl groups is 1. The number of halogens is 1. The Labute approximate surface area is 250 Å². The Morgan fingerprint density at radius 1 is 1.14 bits per heavy atom. The number of carbonyl (C=O) groups is 1.